The summed E-state index contributed by atoms with van der Waals surface area (Å²) in [5, 5.41) is 0. The van der Waals surface area contributed by atoms with Crippen LogP contribution >= 0.6 is 0 Å². The van der Waals surface area contributed by atoms with Crippen LogP contribution in [-0.2, 0) is 4.79 Å². The highest BCUT2D eigenvalue weighted by Gasteiger charge is 2.15. The first kappa shape index (κ1) is 12.9. The second kappa shape index (κ2) is 7.04. The number of amides is 1. The zero-order valence-corrected chi connectivity index (χ0v) is 10.7. The second-order valence-electron chi connectivity index (χ2n) is 4.63. The number of carbonyl (C=O) groups is 1. The van der Waals surface area contributed by atoms with Crippen LogP contribution in [0.15, 0.2) is 24.3 Å². The number of nitrogens with zero attached hydrogens (tertiary/aromatic N) is 1. The van der Waals surface area contributed by atoms with Gasteiger partial charge in [-0.1, -0.05) is 12.1 Å². The molecule has 3 nitrogen and oxygen atoms in total. The summed E-state index contributed by atoms with van der Waals surface area (Å²) >= 11 is 0. The van der Waals surface area contributed by atoms with Gasteiger partial charge in [0.05, 0.1) is 6.61 Å². The summed E-state index contributed by atoms with van der Waals surface area (Å²) in [6, 6.07) is 10.4. The van der Waals surface area contributed by atoms with E-state index in [-0.39, 0.29) is 5.91 Å². The average Bonchev–Trinajstić information content (AvgIpc) is 2.45. The number of likely N-dealkylation sites (tertiary alicyclic amines) is 1. The van der Waals surface area contributed by atoms with Gasteiger partial charge in [-0.15, -0.1) is 0 Å². The molecule has 0 bridgehead atoms. The summed E-state index contributed by atoms with van der Waals surface area (Å²) in [7, 11) is 0. The van der Waals surface area contributed by atoms with Crippen LogP contribution in [0.3, 0.4) is 0 Å². The van der Waals surface area contributed by atoms with Crippen molar-refractivity contribution < 1.29 is 9.53 Å². The molecule has 0 unspecified atom stereocenters. The van der Waals surface area contributed by atoms with Crippen LogP contribution in [0.5, 0.6) is 5.75 Å². The van der Waals surface area contributed by atoms with Crippen molar-refractivity contribution in [3.05, 3.63) is 30.3 Å². The summed E-state index contributed by atoms with van der Waals surface area (Å²) in [6.45, 7) is 2.48. The smallest absolute Gasteiger partial charge is 0.222 e. The molecular formula is C15H20NO2. The second-order valence-corrected chi connectivity index (χ2v) is 4.63. The Kier molecular flexibility index (Phi) is 5.06. The maximum absolute atomic E-state index is 11.9. The summed E-state index contributed by atoms with van der Waals surface area (Å²) in [6.07, 6.45) is 4.95. The molecule has 1 saturated heterocycles. The minimum Gasteiger partial charge on any atom is -0.494 e. The van der Waals surface area contributed by atoms with Crippen LogP contribution < -0.4 is 4.74 Å². The van der Waals surface area contributed by atoms with E-state index in [1.54, 1.807) is 0 Å². The van der Waals surface area contributed by atoms with Gasteiger partial charge in [0.15, 0.2) is 0 Å². The fourth-order valence-corrected chi connectivity index (χ4v) is 2.18. The molecule has 1 aliphatic rings. The van der Waals surface area contributed by atoms with Gasteiger partial charge in [0, 0.05) is 19.5 Å². The molecule has 1 aliphatic heterocycles. The van der Waals surface area contributed by atoms with Crippen molar-refractivity contribution in [1.82, 2.24) is 4.90 Å². The summed E-state index contributed by atoms with van der Waals surface area (Å²) in [5.74, 6) is 1.12. The number of rotatable bonds is 5. The van der Waals surface area contributed by atoms with Crippen LogP contribution in [0.1, 0.15) is 32.1 Å². The molecule has 0 saturated carbocycles. The third-order valence-electron chi connectivity index (χ3n) is 3.20. The standard InChI is InChI=1S/C15H20NO2/c17-15(16-11-5-2-6-12-16)10-7-13-18-14-8-3-1-4-9-14/h3-4,8-9H,2,5-7,10-13H2. The van der Waals surface area contributed by atoms with Crippen LogP contribution in [0, 0.1) is 6.07 Å². The van der Waals surface area contributed by atoms with Crippen molar-refractivity contribution >= 4 is 5.91 Å². The topological polar surface area (TPSA) is 29.5 Å². The number of ether oxygens (including phenoxy) is 1. The molecule has 2 rings (SSSR count). The van der Waals surface area contributed by atoms with E-state index in [0.717, 1.165) is 38.1 Å². The summed E-state index contributed by atoms with van der Waals surface area (Å²) in [5.41, 5.74) is 0. The zero-order valence-electron chi connectivity index (χ0n) is 10.7. The lowest BCUT2D eigenvalue weighted by molar-refractivity contribution is -0.132. The minimum absolute atomic E-state index is 0.277. The molecule has 1 fully saturated rings. The predicted octanol–water partition coefficient (Wildman–Crippen LogP) is 2.66. The van der Waals surface area contributed by atoms with E-state index < -0.39 is 0 Å². The van der Waals surface area contributed by atoms with E-state index in [4.69, 9.17) is 4.74 Å². The van der Waals surface area contributed by atoms with E-state index in [1.165, 1.54) is 6.42 Å². The number of hydrogen-bond donors (Lipinski definition) is 0. The fourth-order valence-electron chi connectivity index (χ4n) is 2.18. The van der Waals surface area contributed by atoms with E-state index in [1.807, 2.05) is 29.2 Å². The van der Waals surface area contributed by atoms with Gasteiger partial charge in [0.1, 0.15) is 5.75 Å². The third-order valence-corrected chi connectivity index (χ3v) is 3.20. The highest BCUT2D eigenvalue weighted by atomic mass is 16.5. The van der Waals surface area contributed by atoms with Crippen molar-refractivity contribution in [3.8, 4) is 5.75 Å². The largest absolute Gasteiger partial charge is 0.494 e. The first-order chi connectivity index (χ1) is 8.86. The van der Waals surface area contributed by atoms with E-state index in [9.17, 15) is 4.79 Å². The molecule has 97 valence electrons. The Hall–Kier alpha value is -1.51. The van der Waals surface area contributed by atoms with Gasteiger partial charge >= 0.3 is 0 Å². The zero-order chi connectivity index (χ0) is 12.6. The molecule has 1 radical (unpaired) electrons. The number of piperidine rings is 1. The van der Waals surface area contributed by atoms with Gasteiger partial charge in [0.2, 0.25) is 5.91 Å². The van der Waals surface area contributed by atoms with Gasteiger partial charge < -0.3 is 9.64 Å². The highest BCUT2D eigenvalue weighted by Crippen LogP contribution is 2.12. The Balaban J connectivity index is 1.61. The van der Waals surface area contributed by atoms with Gasteiger partial charge in [-0.3, -0.25) is 4.79 Å². The first-order valence-corrected chi connectivity index (χ1v) is 6.73. The molecule has 3 heteroatoms. The molecule has 1 aromatic carbocycles. The van der Waals surface area contributed by atoms with E-state index in [0.29, 0.717) is 13.0 Å². The molecule has 0 atom stereocenters. The van der Waals surface area contributed by atoms with Crippen molar-refractivity contribution in [2.75, 3.05) is 19.7 Å². The molecule has 0 aliphatic carbocycles. The third kappa shape index (κ3) is 4.06. The SMILES string of the molecule is O=C(CCCOc1cc[c]cc1)N1CCCCC1. The van der Waals surface area contributed by atoms with Crippen LogP contribution in [0.2, 0.25) is 0 Å². The molecular weight excluding hydrogens is 226 g/mol. The average molecular weight is 246 g/mol. The van der Waals surface area contributed by atoms with E-state index >= 15 is 0 Å². The number of benzene rings is 1. The lowest BCUT2D eigenvalue weighted by Gasteiger charge is -2.26. The Labute approximate surface area is 109 Å². The Morgan fingerprint density at radius 3 is 2.67 bits per heavy atom. The highest BCUT2D eigenvalue weighted by molar-refractivity contribution is 5.76. The molecule has 0 aromatic heterocycles. The lowest BCUT2D eigenvalue weighted by atomic mass is 10.1. The molecule has 1 aromatic rings. The van der Waals surface area contributed by atoms with Gasteiger partial charge in [-0.2, -0.15) is 0 Å². The maximum atomic E-state index is 11.9. The molecule has 1 heterocycles. The number of carbonyl (C=O) groups excluding carboxylic acids is 1. The normalized spacial score (nSPS) is 15.4. The van der Waals surface area contributed by atoms with Gasteiger partial charge in [-0.05, 0) is 43.9 Å². The molecule has 1 amide bonds. The maximum Gasteiger partial charge on any atom is 0.222 e. The molecule has 0 spiro atoms. The Morgan fingerprint density at radius 2 is 1.94 bits per heavy atom. The predicted molar refractivity (Wildman–Crippen MR) is 70.4 cm³/mol. The number of hydrogen-bond acceptors (Lipinski definition) is 2. The van der Waals surface area contributed by atoms with Crippen molar-refractivity contribution in [1.29, 1.82) is 0 Å². The first-order valence-electron chi connectivity index (χ1n) is 6.73. The minimum atomic E-state index is 0.277. The Morgan fingerprint density at radius 1 is 1.22 bits per heavy atom. The lowest BCUT2D eigenvalue weighted by Crippen LogP contribution is -2.35. The van der Waals surface area contributed by atoms with Crippen molar-refractivity contribution in [3.63, 3.8) is 0 Å². The van der Waals surface area contributed by atoms with Crippen LogP contribution in [-0.4, -0.2) is 30.5 Å². The van der Waals surface area contributed by atoms with E-state index in [2.05, 4.69) is 6.07 Å². The monoisotopic (exact) mass is 246 g/mol. The van der Waals surface area contributed by atoms with Crippen molar-refractivity contribution in [2.45, 2.75) is 32.1 Å². The molecule has 18 heavy (non-hydrogen) atoms. The quantitative estimate of drug-likeness (QED) is 0.747. The van der Waals surface area contributed by atoms with Gasteiger partial charge in [-0.25, -0.2) is 0 Å². The van der Waals surface area contributed by atoms with Crippen LogP contribution in [0.25, 0.3) is 0 Å². The fraction of sp³-hybridized carbons (Fsp3) is 0.533. The van der Waals surface area contributed by atoms with Gasteiger partial charge in [0.25, 0.3) is 0 Å². The molecule has 0 N–H and O–H groups in total. The summed E-state index contributed by atoms with van der Waals surface area (Å²) < 4.78 is 5.55. The Bertz CT molecular complexity index is 358. The van der Waals surface area contributed by atoms with Crippen LogP contribution in [0.4, 0.5) is 0 Å². The summed E-state index contributed by atoms with van der Waals surface area (Å²) in [4.78, 5) is 13.9. The van der Waals surface area contributed by atoms with Crippen molar-refractivity contribution in [2.24, 2.45) is 0 Å².